The lowest BCUT2D eigenvalue weighted by Crippen LogP contribution is -1.99. The Hall–Kier alpha value is -1.91. The molecule has 0 saturated heterocycles. The molecule has 1 heterocycles. The molecule has 2 rings (SSSR count). The van der Waals surface area contributed by atoms with Crippen LogP contribution in [0.2, 0.25) is 0 Å². The number of benzene rings is 1. The van der Waals surface area contributed by atoms with Gasteiger partial charge in [-0.1, -0.05) is 19.0 Å². The third kappa shape index (κ3) is 2.50. The van der Waals surface area contributed by atoms with E-state index in [1.54, 1.807) is 0 Å². The first kappa shape index (κ1) is 12.5. The Bertz CT molecular complexity index is 544. The molecule has 1 aromatic carbocycles. The van der Waals surface area contributed by atoms with Crippen LogP contribution >= 0.6 is 0 Å². The maximum Gasteiger partial charge on any atom is 0.172 e. The molecule has 0 unspecified atom stereocenters. The molecular formula is C13H14F2N2O. The van der Waals surface area contributed by atoms with Gasteiger partial charge in [0.15, 0.2) is 11.6 Å². The summed E-state index contributed by atoms with van der Waals surface area (Å²) in [6.07, 6.45) is 0.642. The quantitative estimate of drug-likeness (QED) is 0.910. The second-order valence-electron chi connectivity index (χ2n) is 4.63. The fourth-order valence-electron chi connectivity index (χ4n) is 1.84. The van der Waals surface area contributed by atoms with Crippen LogP contribution in [0.1, 0.15) is 19.4 Å². The van der Waals surface area contributed by atoms with Crippen molar-refractivity contribution < 1.29 is 13.3 Å². The molecule has 2 N–H and O–H groups in total. The van der Waals surface area contributed by atoms with Gasteiger partial charge in [-0.25, -0.2) is 8.78 Å². The van der Waals surface area contributed by atoms with Gasteiger partial charge in [-0.05, 0) is 24.5 Å². The van der Waals surface area contributed by atoms with Crippen LogP contribution in [0, 0.1) is 17.6 Å². The Morgan fingerprint density at radius 3 is 2.39 bits per heavy atom. The summed E-state index contributed by atoms with van der Waals surface area (Å²) < 4.78 is 31.4. The number of nitrogen functional groups attached to an aromatic ring is 1. The lowest BCUT2D eigenvalue weighted by molar-refractivity contribution is 0.433. The summed E-state index contributed by atoms with van der Waals surface area (Å²) in [6.45, 7) is 4.03. The van der Waals surface area contributed by atoms with Gasteiger partial charge in [0.05, 0.1) is 0 Å². The number of nitrogens with two attached hydrogens (primary N) is 1. The van der Waals surface area contributed by atoms with Crippen LogP contribution in [0.15, 0.2) is 22.7 Å². The average Bonchev–Trinajstić information content (AvgIpc) is 2.58. The maximum atomic E-state index is 13.2. The molecule has 2 aromatic rings. The summed E-state index contributed by atoms with van der Waals surface area (Å²) >= 11 is 0. The van der Waals surface area contributed by atoms with Crippen molar-refractivity contribution in [1.29, 1.82) is 0 Å². The van der Waals surface area contributed by atoms with Crippen LogP contribution in [0.3, 0.4) is 0 Å². The molecule has 96 valence electrons. The zero-order valence-corrected chi connectivity index (χ0v) is 10.2. The van der Waals surface area contributed by atoms with Gasteiger partial charge >= 0.3 is 0 Å². The molecule has 0 spiro atoms. The minimum atomic E-state index is -0.657. The van der Waals surface area contributed by atoms with Crippen molar-refractivity contribution in [2.24, 2.45) is 5.92 Å². The second kappa shape index (κ2) is 4.76. The van der Waals surface area contributed by atoms with Crippen molar-refractivity contribution in [2.75, 3.05) is 5.73 Å². The molecule has 0 atom stereocenters. The van der Waals surface area contributed by atoms with E-state index in [9.17, 15) is 8.78 Å². The minimum absolute atomic E-state index is 0.267. The van der Waals surface area contributed by atoms with Crippen LogP contribution < -0.4 is 5.73 Å². The number of anilines is 1. The van der Waals surface area contributed by atoms with Crippen molar-refractivity contribution >= 4 is 5.82 Å². The summed E-state index contributed by atoms with van der Waals surface area (Å²) in [5.41, 5.74) is 6.71. The van der Waals surface area contributed by atoms with Gasteiger partial charge in [0.2, 0.25) is 0 Å². The van der Waals surface area contributed by atoms with E-state index in [0.29, 0.717) is 29.2 Å². The molecule has 3 nitrogen and oxygen atoms in total. The standard InChI is InChI=1S/C13H14F2N2O/c1-7(2)3-11-12(18-17-13(11)16)8-4-9(14)6-10(15)5-8/h4-7H,3H2,1-2H3,(H2,16,17). The first-order valence-corrected chi connectivity index (χ1v) is 5.68. The predicted octanol–water partition coefficient (Wildman–Crippen LogP) is 3.40. The van der Waals surface area contributed by atoms with Gasteiger partial charge in [0, 0.05) is 17.2 Å². The molecule has 0 saturated carbocycles. The highest BCUT2D eigenvalue weighted by molar-refractivity contribution is 5.66. The zero-order valence-electron chi connectivity index (χ0n) is 10.2. The molecular weight excluding hydrogens is 238 g/mol. The fraction of sp³-hybridized carbons (Fsp3) is 0.308. The second-order valence-corrected chi connectivity index (χ2v) is 4.63. The van der Waals surface area contributed by atoms with Crippen molar-refractivity contribution in [3.63, 3.8) is 0 Å². The Morgan fingerprint density at radius 2 is 1.83 bits per heavy atom. The first-order chi connectivity index (χ1) is 8.47. The number of halogens is 2. The van der Waals surface area contributed by atoms with Gasteiger partial charge in [-0.15, -0.1) is 0 Å². The Morgan fingerprint density at radius 1 is 1.22 bits per heavy atom. The molecule has 0 bridgehead atoms. The Labute approximate surface area is 104 Å². The van der Waals surface area contributed by atoms with E-state index in [0.717, 1.165) is 6.07 Å². The molecule has 0 aliphatic heterocycles. The normalized spacial score (nSPS) is 11.2. The van der Waals surface area contributed by atoms with Crippen LogP contribution in [0.5, 0.6) is 0 Å². The number of hydrogen-bond acceptors (Lipinski definition) is 3. The van der Waals surface area contributed by atoms with E-state index in [4.69, 9.17) is 10.3 Å². The van der Waals surface area contributed by atoms with E-state index in [-0.39, 0.29) is 5.82 Å². The Kier molecular flexibility index (Phi) is 3.32. The summed E-state index contributed by atoms with van der Waals surface area (Å²) in [5.74, 6) is -0.377. The first-order valence-electron chi connectivity index (χ1n) is 5.68. The minimum Gasteiger partial charge on any atom is -0.381 e. The summed E-state index contributed by atoms with van der Waals surface area (Å²) in [6, 6.07) is 3.21. The van der Waals surface area contributed by atoms with Gasteiger partial charge in [0.1, 0.15) is 11.6 Å². The molecule has 1 aromatic heterocycles. The highest BCUT2D eigenvalue weighted by atomic mass is 19.1. The van der Waals surface area contributed by atoms with Gasteiger partial charge in [-0.3, -0.25) is 0 Å². The number of aromatic nitrogens is 1. The predicted molar refractivity (Wildman–Crippen MR) is 64.8 cm³/mol. The molecule has 5 heteroatoms. The van der Waals surface area contributed by atoms with Crippen LogP contribution in [-0.2, 0) is 6.42 Å². The number of rotatable bonds is 3. The van der Waals surface area contributed by atoms with Crippen molar-refractivity contribution in [3.8, 4) is 11.3 Å². The smallest absolute Gasteiger partial charge is 0.172 e. The summed E-state index contributed by atoms with van der Waals surface area (Å²) in [7, 11) is 0. The van der Waals surface area contributed by atoms with Crippen molar-refractivity contribution in [3.05, 3.63) is 35.4 Å². The maximum absolute atomic E-state index is 13.2. The molecule has 0 aliphatic rings. The number of hydrogen-bond donors (Lipinski definition) is 1. The fourth-order valence-corrected chi connectivity index (χ4v) is 1.84. The van der Waals surface area contributed by atoms with Gasteiger partial charge < -0.3 is 10.3 Å². The topological polar surface area (TPSA) is 52.0 Å². The monoisotopic (exact) mass is 252 g/mol. The van der Waals surface area contributed by atoms with Crippen LogP contribution in [0.4, 0.5) is 14.6 Å². The van der Waals surface area contributed by atoms with Gasteiger partial charge in [-0.2, -0.15) is 0 Å². The Balaban J connectivity index is 2.50. The third-order valence-corrected chi connectivity index (χ3v) is 2.56. The molecule has 0 fully saturated rings. The summed E-state index contributed by atoms with van der Waals surface area (Å²) in [4.78, 5) is 0. The van der Waals surface area contributed by atoms with Crippen molar-refractivity contribution in [1.82, 2.24) is 5.16 Å². The largest absolute Gasteiger partial charge is 0.381 e. The van der Waals surface area contributed by atoms with E-state index < -0.39 is 11.6 Å². The van der Waals surface area contributed by atoms with E-state index in [1.165, 1.54) is 12.1 Å². The van der Waals surface area contributed by atoms with Gasteiger partial charge in [0.25, 0.3) is 0 Å². The zero-order chi connectivity index (χ0) is 13.3. The molecule has 0 aliphatic carbocycles. The van der Waals surface area contributed by atoms with E-state index in [1.807, 2.05) is 13.8 Å². The van der Waals surface area contributed by atoms with Crippen LogP contribution in [-0.4, -0.2) is 5.16 Å². The van der Waals surface area contributed by atoms with E-state index >= 15 is 0 Å². The highest BCUT2D eigenvalue weighted by Gasteiger charge is 2.18. The molecule has 18 heavy (non-hydrogen) atoms. The lowest BCUT2D eigenvalue weighted by atomic mass is 9.99. The molecule has 0 amide bonds. The van der Waals surface area contributed by atoms with Crippen LogP contribution in [0.25, 0.3) is 11.3 Å². The van der Waals surface area contributed by atoms with Crippen molar-refractivity contribution in [2.45, 2.75) is 20.3 Å². The summed E-state index contributed by atoms with van der Waals surface area (Å²) in [5, 5.41) is 3.66. The van der Waals surface area contributed by atoms with E-state index in [2.05, 4.69) is 5.16 Å². The highest BCUT2D eigenvalue weighted by Crippen LogP contribution is 2.30. The lowest BCUT2D eigenvalue weighted by Gasteiger charge is -2.05. The number of nitrogens with zero attached hydrogens (tertiary/aromatic N) is 1. The third-order valence-electron chi connectivity index (χ3n) is 2.56. The average molecular weight is 252 g/mol. The molecule has 0 radical (unpaired) electrons. The SMILES string of the molecule is CC(C)Cc1c(N)noc1-c1cc(F)cc(F)c1.